The summed E-state index contributed by atoms with van der Waals surface area (Å²) >= 11 is 0. The average molecular weight is 278 g/mol. The molecule has 1 atom stereocenters. The predicted octanol–water partition coefficient (Wildman–Crippen LogP) is 2.79. The number of benzene rings is 1. The Bertz CT molecular complexity index is 380. The van der Waals surface area contributed by atoms with Crippen molar-refractivity contribution in [2.24, 2.45) is 0 Å². The molecule has 0 saturated carbocycles. The van der Waals surface area contributed by atoms with Gasteiger partial charge in [-0.3, -0.25) is 0 Å². The lowest BCUT2D eigenvalue weighted by Gasteiger charge is -2.17. The van der Waals surface area contributed by atoms with Crippen molar-refractivity contribution in [3.8, 4) is 0 Å². The molecule has 0 heterocycles. The zero-order valence-electron chi connectivity index (χ0n) is 10.6. The van der Waals surface area contributed by atoms with E-state index >= 15 is 0 Å². The second kappa shape index (κ2) is 7.47. The maximum Gasteiger partial charge on any atom is 0.416 e. The topological polar surface area (TPSA) is 38.7 Å². The molecule has 0 amide bonds. The van der Waals surface area contributed by atoms with Gasteiger partial charge in [-0.2, -0.15) is 13.2 Å². The third kappa shape index (κ3) is 5.18. The highest BCUT2D eigenvalue weighted by Gasteiger charge is 2.34. The van der Waals surface area contributed by atoms with Gasteiger partial charge >= 0.3 is 6.18 Å². The van der Waals surface area contributed by atoms with Gasteiger partial charge in [0.15, 0.2) is 0 Å². The fourth-order valence-electron chi connectivity index (χ4n) is 1.64. The summed E-state index contributed by atoms with van der Waals surface area (Å²) in [6.45, 7) is 0.941. The molecule has 0 radical (unpaired) electrons. The number of alkyl halides is 3. The summed E-state index contributed by atoms with van der Waals surface area (Å²) in [5.41, 5.74) is -0.926. The van der Waals surface area contributed by atoms with Crippen LogP contribution in [0, 0.1) is 0 Å². The lowest BCUT2D eigenvalue weighted by atomic mass is 10.00. The van der Waals surface area contributed by atoms with Crippen LogP contribution in [-0.2, 0) is 15.7 Å². The van der Waals surface area contributed by atoms with E-state index in [1.165, 1.54) is 25.3 Å². The zero-order valence-corrected chi connectivity index (χ0v) is 10.6. The molecule has 3 nitrogen and oxygen atoms in total. The second-order valence-electron chi connectivity index (χ2n) is 3.99. The normalized spacial score (nSPS) is 13.5. The largest absolute Gasteiger partial charge is 0.416 e. The van der Waals surface area contributed by atoms with Crippen LogP contribution >= 0.6 is 0 Å². The average Bonchev–Trinajstić information content (AvgIpc) is 2.37. The molecule has 19 heavy (non-hydrogen) atoms. The van der Waals surface area contributed by atoms with Gasteiger partial charge in [0.2, 0.25) is 0 Å². The molecule has 1 unspecified atom stereocenters. The fraction of sp³-hybridized carbons (Fsp3) is 0.538. The summed E-state index contributed by atoms with van der Waals surface area (Å²) in [6, 6.07) is 5.01. The third-order valence-electron chi connectivity index (χ3n) is 2.59. The summed E-state index contributed by atoms with van der Waals surface area (Å²) in [4.78, 5) is 0. The summed E-state index contributed by atoms with van der Waals surface area (Å²) in [5.74, 6) is 0. The molecule has 1 aromatic carbocycles. The molecule has 1 aromatic rings. The van der Waals surface area contributed by atoms with Crippen LogP contribution in [0.3, 0.4) is 0 Å². The number of rotatable bonds is 7. The minimum Gasteiger partial charge on any atom is -0.388 e. The first kappa shape index (κ1) is 15.9. The van der Waals surface area contributed by atoms with Crippen LogP contribution in [0.2, 0.25) is 0 Å². The Morgan fingerprint density at radius 3 is 2.47 bits per heavy atom. The number of methoxy groups -OCH3 is 1. The number of aliphatic hydroxyl groups is 1. The third-order valence-corrected chi connectivity index (χ3v) is 2.59. The maximum atomic E-state index is 12.7. The molecule has 0 saturated heterocycles. The summed E-state index contributed by atoms with van der Waals surface area (Å²) in [7, 11) is 1.53. The van der Waals surface area contributed by atoms with Crippen molar-refractivity contribution in [3.05, 3.63) is 35.4 Å². The molecule has 1 N–H and O–H groups in total. The van der Waals surface area contributed by atoms with Gasteiger partial charge in [0.05, 0.1) is 24.9 Å². The minimum atomic E-state index is -4.46. The number of aliphatic hydroxyl groups excluding tert-OH is 1. The van der Waals surface area contributed by atoms with Gasteiger partial charge in [0, 0.05) is 20.1 Å². The molecule has 6 heteroatoms. The van der Waals surface area contributed by atoms with Crippen molar-refractivity contribution in [2.45, 2.75) is 18.7 Å². The summed E-state index contributed by atoms with van der Waals surface area (Å²) in [5, 5.41) is 9.81. The Morgan fingerprint density at radius 1 is 1.16 bits per heavy atom. The molecule has 108 valence electrons. The molecule has 0 spiro atoms. The highest BCUT2D eigenvalue weighted by molar-refractivity contribution is 5.31. The van der Waals surface area contributed by atoms with Crippen LogP contribution in [0.4, 0.5) is 13.2 Å². The lowest BCUT2D eigenvalue weighted by molar-refractivity contribution is -0.139. The van der Waals surface area contributed by atoms with Gasteiger partial charge in [0.1, 0.15) is 0 Å². The van der Waals surface area contributed by atoms with Gasteiger partial charge < -0.3 is 14.6 Å². The van der Waals surface area contributed by atoms with Crippen molar-refractivity contribution >= 4 is 0 Å². The predicted molar refractivity (Wildman–Crippen MR) is 63.7 cm³/mol. The van der Waals surface area contributed by atoms with E-state index in [-0.39, 0.29) is 18.6 Å². The smallest absolute Gasteiger partial charge is 0.388 e. The van der Waals surface area contributed by atoms with Crippen molar-refractivity contribution in [2.75, 3.05) is 26.9 Å². The molecule has 0 aliphatic heterocycles. The maximum absolute atomic E-state index is 12.7. The van der Waals surface area contributed by atoms with Crippen LogP contribution in [0.5, 0.6) is 0 Å². The minimum absolute atomic E-state index is 0.108. The van der Waals surface area contributed by atoms with Crippen LogP contribution in [0.15, 0.2) is 24.3 Å². The first-order valence-electron chi connectivity index (χ1n) is 5.87. The zero-order chi connectivity index (χ0) is 14.3. The molecule has 1 rings (SSSR count). The molecule has 0 aromatic heterocycles. The summed E-state index contributed by atoms with van der Waals surface area (Å²) in [6.07, 6.45) is -5.55. The second-order valence-corrected chi connectivity index (χ2v) is 3.99. The fourth-order valence-corrected chi connectivity index (χ4v) is 1.64. The molecule has 0 fully saturated rings. The highest BCUT2D eigenvalue weighted by atomic mass is 19.4. The number of hydrogen-bond acceptors (Lipinski definition) is 3. The van der Waals surface area contributed by atoms with Crippen molar-refractivity contribution in [3.63, 3.8) is 0 Å². The van der Waals surface area contributed by atoms with E-state index in [2.05, 4.69) is 0 Å². The molecular formula is C13H17F3O3. The van der Waals surface area contributed by atoms with Gasteiger partial charge in [-0.05, 0) is 11.6 Å². The number of hydrogen-bond donors (Lipinski definition) is 1. The summed E-state index contributed by atoms with van der Waals surface area (Å²) < 4.78 is 48.1. The Hall–Kier alpha value is -1.11. The van der Waals surface area contributed by atoms with Crippen molar-refractivity contribution < 1.29 is 27.8 Å². The van der Waals surface area contributed by atoms with Gasteiger partial charge in [-0.1, -0.05) is 18.2 Å². The van der Waals surface area contributed by atoms with E-state index < -0.39 is 17.8 Å². The quantitative estimate of drug-likeness (QED) is 0.779. The van der Waals surface area contributed by atoms with E-state index in [0.717, 1.165) is 6.07 Å². The van der Waals surface area contributed by atoms with Crippen molar-refractivity contribution in [1.82, 2.24) is 0 Å². The highest BCUT2D eigenvalue weighted by Crippen LogP contribution is 2.35. The molecule has 0 bridgehead atoms. The Kier molecular flexibility index (Phi) is 6.27. The Balaban J connectivity index is 2.59. The van der Waals surface area contributed by atoms with Crippen LogP contribution < -0.4 is 0 Å². The van der Waals surface area contributed by atoms with E-state index in [1.54, 1.807) is 0 Å². The van der Waals surface area contributed by atoms with Gasteiger partial charge in [-0.25, -0.2) is 0 Å². The monoisotopic (exact) mass is 278 g/mol. The Morgan fingerprint density at radius 2 is 1.84 bits per heavy atom. The van der Waals surface area contributed by atoms with E-state index in [4.69, 9.17) is 9.47 Å². The van der Waals surface area contributed by atoms with Crippen LogP contribution in [0.25, 0.3) is 0 Å². The van der Waals surface area contributed by atoms with Gasteiger partial charge in [-0.15, -0.1) is 0 Å². The molecule has 0 aliphatic carbocycles. The Labute approximate surface area is 110 Å². The first-order chi connectivity index (χ1) is 8.96. The first-order valence-corrected chi connectivity index (χ1v) is 5.87. The standard InChI is InChI=1S/C13H17F3O3/c1-18-8-9-19-7-6-12(17)10-4-2-3-5-11(10)13(14,15)16/h2-5,12,17H,6-9H2,1H3. The van der Waals surface area contributed by atoms with Crippen molar-refractivity contribution in [1.29, 1.82) is 0 Å². The van der Waals surface area contributed by atoms with Gasteiger partial charge in [0.25, 0.3) is 0 Å². The van der Waals surface area contributed by atoms with Crippen LogP contribution in [-0.4, -0.2) is 32.0 Å². The molecular weight excluding hydrogens is 261 g/mol. The number of halogens is 3. The van der Waals surface area contributed by atoms with E-state index in [0.29, 0.717) is 13.2 Å². The lowest BCUT2D eigenvalue weighted by Crippen LogP contribution is -2.13. The van der Waals surface area contributed by atoms with E-state index in [9.17, 15) is 18.3 Å². The molecule has 0 aliphatic rings. The SMILES string of the molecule is COCCOCCC(O)c1ccccc1C(F)(F)F. The van der Waals surface area contributed by atoms with Crippen LogP contribution in [0.1, 0.15) is 23.7 Å². The number of ether oxygens (including phenoxy) is 2. The van der Waals surface area contributed by atoms with E-state index in [1.807, 2.05) is 0 Å².